The topological polar surface area (TPSA) is 108 Å². The molecule has 1 aliphatic heterocycles. The number of hydrogen-bond acceptors (Lipinski definition) is 7. The number of ketones is 1. The summed E-state index contributed by atoms with van der Waals surface area (Å²) in [5.74, 6) is -1.46. The number of allylic oxidation sites excluding steroid dienone is 2. The average molecular weight is 448 g/mol. The molecule has 8 heteroatoms. The SMILES string of the molecule is CC1=NC2=C(C(=O)CCC2)[C@H](c2cccc([N+](=O)[O-])c2)C1C(=O)OCCOc1ccccc1. The number of non-ortho nitro benzene ring substituents is 1. The quantitative estimate of drug-likeness (QED) is 0.269. The summed E-state index contributed by atoms with van der Waals surface area (Å²) in [5, 5.41) is 11.4. The molecule has 2 aromatic rings. The predicted molar refractivity (Wildman–Crippen MR) is 121 cm³/mol. The van der Waals surface area contributed by atoms with E-state index in [2.05, 4.69) is 4.99 Å². The van der Waals surface area contributed by atoms with Gasteiger partial charge in [0.15, 0.2) is 5.78 Å². The Balaban J connectivity index is 1.59. The standard InChI is InChI=1S/C25H24N2O6/c1-16-22(25(29)33-14-13-32-19-9-3-2-4-10-19)23(17-7-5-8-18(15-17)27(30)31)24-20(26-16)11-6-12-21(24)28/h2-5,7-10,15,22-23H,6,11-14H2,1H3/t22?,23-/m1/s1. The molecule has 0 aromatic heterocycles. The fourth-order valence-electron chi connectivity index (χ4n) is 4.41. The van der Waals surface area contributed by atoms with Gasteiger partial charge < -0.3 is 9.47 Å². The van der Waals surface area contributed by atoms with Crippen LogP contribution in [0.4, 0.5) is 5.69 Å². The Morgan fingerprint density at radius 3 is 2.67 bits per heavy atom. The summed E-state index contributed by atoms with van der Waals surface area (Å²) in [5.41, 5.74) is 2.10. The number of benzene rings is 2. The summed E-state index contributed by atoms with van der Waals surface area (Å²) in [4.78, 5) is 41.5. The molecular weight excluding hydrogens is 424 g/mol. The molecule has 0 radical (unpaired) electrons. The predicted octanol–water partition coefficient (Wildman–Crippen LogP) is 4.40. The van der Waals surface area contributed by atoms with Gasteiger partial charge in [-0.2, -0.15) is 0 Å². The number of aliphatic imine (C=N–C) groups is 1. The van der Waals surface area contributed by atoms with Crippen LogP contribution in [-0.4, -0.2) is 35.6 Å². The molecule has 2 aliphatic rings. The molecule has 0 saturated carbocycles. The summed E-state index contributed by atoms with van der Waals surface area (Å²) in [6.45, 7) is 1.94. The highest BCUT2D eigenvalue weighted by Gasteiger charge is 2.43. The number of nitrogens with zero attached hydrogens (tertiary/aromatic N) is 2. The van der Waals surface area contributed by atoms with Crippen molar-refractivity contribution >= 4 is 23.2 Å². The molecule has 8 nitrogen and oxygen atoms in total. The third-order valence-electron chi connectivity index (χ3n) is 5.87. The molecule has 0 spiro atoms. The van der Waals surface area contributed by atoms with Crippen LogP contribution in [0.5, 0.6) is 5.75 Å². The first-order valence-electron chi connectivity index (χ1n) is 10.9. The first-order chi connectivity index (χ1) is 16.0. The van der Waals surface area contributed by atoms with Gasteiger partial charge in [-0.05, 0) is 37.5 Å². The molecule has 2 atom stereocenters. The Kier molecular flexibility index (Phi) is 6.63. The van der Waals surface area contributed by atoms with Crippen molar-refractivity contribution in [3.05, 3.63) is 81.5 Å². The van der Waals surface area contributed by atoms with Crippen molar-refractivity contribution in [3.8, 4) is 5.75 Å². The maximum atomic E-state index is 13.2. The van der Waals surface area contributed by atoms with Crippen molar-refractivity contribution in [2.75, 3.05) is 13.2 Å². The molecule has 0 N–H and O–H groups in total. The molecule has 0 bridgehead atoms. The van der Waals surface area contributed by atoms with E-state index in [0.717, 1.165) is 0 Å². The summed E-state index contributed by atoms with van der Waals surface area (Å²) in [7, 11) is 0. The Morgan fingerprint density at radius 2 is 1.91 bits per heavy atom. The van der Waals surface area contributed by atoms with Crippen molar-refractivity contribution in [2.24, 2.45) is 10.9 Å². The largest absolute Gasteiger partial charge is 0.490 e. The second-order valence-electron chi connectivity index (χ2n) is 8.03. The van der Waals surface area contributed by atoms with Crippen LogP contribution in [0.3, 0.4) is 0 Å². The van der Waals surface area contributed by atoms with E-state index in [4.69, 9.17) is 9.47 Å². The number of esters is 1. The number of para-hydroxylation sites is 1. The Hall–Kier alpha value is -3.81. The highest BCUT2D eigenvalue weighted by atomic mass is 16.6. The third-order valence-corrected chi connectivity index (χ3v) is 5.87. The van der Waals surface area contributed by atoms with Gasteiger partial charge in [-0.1, -0.05) is 30.3 Å². The van der Waals surface area contributed by atoms with Crippen molar-refractivity contribution in [3.63, 3.8) is 0 Å². The van der Waals surface area contributed by atoms with E-state index in [1.54, 1.807) is 31.2 Å². The van der Waals surface area contributed by atoms with Crippen LogP contribution in [0.1, 0.15) is 37.7 Å². The van der Waals surface area contributed by atoms with Crippen molar-refractivity contribution in [1.82, 2.24) is 0 Å². The zero-order valence-electron chi connectivity index (χ0n) is 18.2. The second kappa shape index (κ2) is 9.77. The molecule has 4 rings (SSSR count). The maximum absolute atomic E-state index is 13.2. The second-order valence-corrected chi connectivity index (χ2v) is 8.03. The number of Topliss-reactive ketones (excluding diaryl/α,β-unsaturated/α-hetero) is 1. The highest BCUT2D eigenvalue weighted by Crippen LogP contribution is 2.44. The summed E-state index contributed by atoms with van der Waals surface area (Å²) in [6, 6.07) is 15.3. The first-order valence-corrected chi connectivity index (χ1v) is 10.9. The molecule has 1 unspecified atom stereocenters. The van der Waals surface area contributed by atoms with Crippen LogP contribution >= 0.6 is 0 Å². The average Bonchev–Trinajstić information content (AvgIpc) is 2.81. The van der Waals surface area contributed by atoms with Crippen molar-refractivity contribution in [1.29, 1.82) is 0 Å². The number of nitro groups is 1. The minimum Gasteiger partial charge on any atom is -0.490 e. The Labute approximate surface area is 191 Å². The molecule has 1 heterocycles. The van der Waals surface area contributed by atoms with Gasteiger partial charge in [-0.25, -0.2) is 0 Å². The van der Waals surface area contributed by atoms with Gasteiger partial charge in [0, 0.05) is 41.5 Å². The molecule has 1 aliphatic carbocycles. The minimum absolute atomic E-state index is 0.0268. The lowest BCUT2D eigenvalue weighted by atomic mass is 9.71. The van der Waals surface area contributed by atoms with Crippen LogP contribution in [0.2, 0.25) is 0 Å². The van der Waals surface area contributed by atoms with Gasteiger partial charge in [0.05, 0.1) is 4.92 Å². The lowest BCUT2D eigenvalue weighted by Crippen LogP contribution is -2.37. The van der Waals surface area contributed by atoms with Gasteiger partial charge >= 0.3 is 5.97 Å². The van der Waals surface area contributed by atoms with Gasteiger partial charge in [-0.3, -0.25) is 24.7 Å². The van der Waals surface area contributed by atoms with Crippen LogP contribution < -0.4 is 4.74 Å². The number of carbonyl (C=O) groups excluding carboxylic acids is 2. The monoisotopic (exact) mass is 448 g/mol. The van der Waals surface area contributed by atoms with E-state index >= 15 is 0 Å². The Bertz CT molecular complexity index is 1140. The molecule has 33 heavy (non-hydrogen) atoms. The number of rotatable bonds is 7. The molecule has 0 saturated heterocycles. The van der Waals surface area contributed by atoms with Crippen LogP contribution in [0.15, 0.2) is 70.9 Å². The molecule has 0 amide bonds. The van der Waals surface area contributed by atoms with E-state index in [-0.39, 0.29) is 24.7 Å². The fourth-order valence-corrected chi connectivity index (χ4v) is 4.41. The van der Waals surface area contributed by atoms with E-state index in [0.29, 0.717) is 47.6 Å². The number of carbonyl (C=O) groups is 2. The summed E-state index contributed by atoms with van der Waals surface area (Å²) < 4.78 is 11.1. The lowest BCUT2D eigenvalue weighted by Gasteiger charge is -2.34. The zero-order valence-corrected chi connectivity index (χ0v) is 18.2. The number of nitro benzene ring substituents is 1. The summed E-state index contributed by atoms with van der Waals surface area (Å²) >= 11 is 0. The van der Waals surface area contributed by atoms with Gasteiger partial charge in [0.2, 0.25) is 0 Å². The molecule has 0 fully saturated rings. The van der Waals surface area contributed by atoms with E-state index < -0.39 is 22.7 Å². The van der Waals surface area contributed by atoms with E-state index in [1.807, 2.05) is 18.2 Å². The third kappa shape index (κ3) is 4.84. The van der Waals surface area contributed by atoms with E-state index in [1.165, 1.54) is 12.1 Å². The molecular formula is C25H24N2O6. The van der Waals surface area contributed by atoms with Crippen LogP contribution in [0.25, 0.3) is 0 Å². The normalized spacial score (nSPS) is 20.0. The highest BCUT2D eigenvalue weighted by molar-refractivity contribution is 6.08. The minimum atomic E-state index is -0.843. The van der Waals surface area contributed by atoms with Crippen LogP contribution in [-0.2, 0) is 14.3 Å². The number of ether oxygens (including phenoxy) is 2. The van der Waals surface area contributed by atoms with Gasteiger partial charge in [0.1, 0.15) is 24.9 Å². The Morgan fingerprint density at radius 1 is 1.12 bits per heavy atom. The number of hydrogen-bond donors (Lipinski definition) is 0. The maximum Gasteiger partial charge on any atom is 0.315 e. The smallest absolute Gasteiger partial charge is 0.315 e. The van der Waals surface area contributed by atoms with Gasteiger partial charge in [-0.15, -0.1) is 0 Å². The molecule has 2 aromatic carbocycles. The van der Waals surface area contributed by atoms with Crippen molar-refractivity contribution in [2.45, 2.75) is 32.1 Å². The van der Waals surface area contributed by atoms with E-state index in [9.17, 15) is 19.7 Å². The van der Waals surface area contributed by atoms with Gasteiger partial charge in [0.25, 0.3) is 5.69 Å². The lowest BCUT2D eigenvalue weighted by molar-refractivity contribution is -0.384. The molecule has 170 valence electrons. The first kappa shape index (κ1) is 22.4. The van der Waals surface area contributed by atoms with Crippen molar-refractivity contribution < 1.29 is 24.0 Å². The zero-order chi connectivity index (χ0) is 23.4. The summed E-state index contributed by atoms with van der Waals surface area (Å²) in [6.07, 6.45) is 1.70. The van der Waals surface area contributed by atoms with Crippen LogP contribution in [0, 0.1) is 16.0 Å². The fraction of sp³-hybridized carbons (Fsp3) is 0.320.